The number of hydrogen-bond acceptors (Lipinski definition) is 6. The number of benzene rings is 1. The summed E-state index contributed by atoms with van der Waals surface area (Å²) in [6.07, 6.45) is 1.52. The van der Waals surface area contributed by atoms with E-state index in [2.05, 4.69) is 15.7 Å². The first-order valence-electron chi connectivity index (χ1n) is 6.35. The van der Waals surface area contributed by atoms with E-state index in [1.165, 1.54) is 6.20 Å². The first-order chi connectivity index (χ1) is 10.3. The Labute approximate surface area is 121 Å². The summed E-state index contributed by atoms with van der Waals surface area (Å²) in [5.74, 6) is 6.91. The van der Waals surface area contributed by atoms with Crippen LogP contribution in [0.5, 0.6) is 11.5 Å². The van der Waals surface area contributed by atoms with Gasteiger partial charge in [0.25, 0.3) is 5.91 Å². The highest BCUT2D eigenvalue weighted by Gasteiger charge is 2.13. The van der Waals surface area contributed by atoms with E-state index in [1.54, 1.807) is 12.1 Å². The van der Waals surface area contributed by atoms with Gasteiger partial charge in [-0.05, 0) is 29.8 Å². The summed E-state index contributed by atoms with van der Waals surface area (Å²) < 4.78 is 10.5. The summed E-state index contributed by atoms with van der Waals surface area (Å²) >= 11 is 0. The zero-order chi connectivity index (χ0) is 14.7. The van der Waals surface area contributed by atoms with Crippen LogP contribution in [0.2, 0.25) is 0 Å². The molecule has 1 aliphatic rings. The van der Waals surface area contributed by atoms with Crippen LogP contribution in [0.3, 0.4) is 0 Å². The Bertz CT molecular complexity index is 675. The average molecular weight is 286 g/mol. The first-order valence-corrected chi connectivity index (χ1v) is 6.35. The third-order valence-corrected chi connectivity index (χ3v) is 3.06. The topological polar surface area (TPSA) is 98.5 Å². The van der Waals surface area contributed by atoms with Gasteiger partial charge in [0.15, 0.2) is 11.5 Å². The lowest BCUT2D eigenvalue weighted by molar-refractivity contribution is 0.0950. The maximum Gasteiger partial charge on any atom is 0.251 e. The fourth-order valence-electron chi connectivity index (χ4n) is 1.99. The Hall–Kier alpha value is -2.80. The molecule has 0 saturated carbocycles. The van der Waals surface area contributed by atoms with E-state index in [4.69, 9.17) is 15.3 Å². The molecule has 2 heterocycles. The number of carbonyl (C=O) groups is 1. The van der Waals surface area contributed by atoms with E-state index in [9.17, 15) is 4.79 Å². The number of nitrogens with zero attached hydrogens (tertiary/aromatic N) is 1. The number of pyridine rings is 1. The van der Waals surface area contributed by atoms with Gasteiger partial charge in [0.2, 0.25) is 6.79 Å². The minimum atomic E-state index is -0.202. The molecule has 0 bridgehead atoms. The number of rotatable bonds is 4. The molecule has 3 rings (SSSR count). The van der Waals surface area contributed by atoms with Gasteiger partial charge in [-0.1, -0.05) is 6.07 Å². The lowest BCUT2D eigenvalue weighted by Gasteiger charge is -2.07. The third kappa shape index (κ3) is 2.87. The summed E-state index contributed by atoms with van der Waals surface area (Å²) in [5, 5.41) is 2.83. The van der Waals surface area contributed by atoms with Crippen LogP contribution in [0.4, 0.5) is 5.82 Å². The van der Waals surface area contributed by atoms with Crippen molar-refractivity contribution in [3.63, 3.8) is 0 Å². The molecule has 21 heavy (non-hydrogen) atoms. The van der Waals surface area contributed by atoms with Crippen LogP contribution in [0.25, 0.3) is 0 Å². The molecule has 108 valence electrons. The summed E-state index contributed by atoms with van der Waals surface area (Å²) in [4.78, 5) is 16.0. The molecule has 1 amide bonds. The van der Waals surface area contributed by atoms with Gasteiger partial charge in [0, 0.05) is 18.3 Å². The predicted molar refractivity (Wildman–Crippen MR) is 75.8 cm³/mol. The number of nitrogens with two attached hydrogens (primary N) is 1. The van der Waals surface area contributed by atoms with Crippen molar-refractivity contribution in [1.29, 1.82) is 0 Å². The van der Waals surface area contributed by atoms with Crippen LogP contribution in [0.1, 0.15) is 15.9 Å². The largest absolute Gasteiger partial charge is 0.454 e. The number of fused-ring (bicyclic) bond motifs is 1. The molecular weight excluding hydrogens is 272 g/mol. The van der Waals surface area contributed by atoms with Gasteiger partial charge in [-0.15, -0.1) is 0 Å². The van der Waals surface area contributed by atoms with E-state index in [1.807, 2.05) is 18.2 Å². The standard InChI is InChI=1S/C14H14N4O3/c15-18-13-6-10(3-4-16-13)14(19)17-7-9-1-2-11-12(5-9)21-8-20-11/h1-6H,7-8,15H2,(H,16,18)(H,17,19). The van der Waals surface area contributed by atoms with Gasteiger partial charge in [-0.2, -0.15) is 0 Å². The van der Waals surface area contributed by atoms with E-state index >= 15 is 0 Å². The second-order valence-electron chi connectivity index (χ2n) is 4.44. The van der Waals surface area contributed by atoms with Gasteiger partial charge in [0.1, 0.15) is 5.82 Å². The second-order valence-corrected chi connectivity index (χ2v) is 4.44. The number of anilines is 1. The molecule has 7 nitrogen and oxygen atoms in total. The molecule has 2 aromatic rings. The number of hydrazine groups is 1. The number of aromatic nitrogens is 1. The maximum absolute atomic E-state index is 12.1. The lowest BCUT2D eigenvalue weighted by Crippen LogP contribution is -2.23. The normalized spacial score (nSPS) is 12.0. The first kappa shape index (κ1) is 13.2. The van der Waals surface area contributed by atoms with Crippen LogP contribution in [0, 0.1) is 0 Å². The minimum Gasteiger partial charge on any atom is -0.454 e. The van der Waals surface area contributed by atoms with Gasteiger partial charge in [0.05, 0.1) is 0 Å². The number of nitrogens with one attached hydrogen (secondary N) is 2. The van der Waals surface area contributed by atoms with Gasteiger partial charge in [-0.3, -0.25) is 4.79 Å². The van der Waals surface area contributed by atoms with Crippen molar-refractivity contribution in [3.8, 4) is 11.5 Å². The van der Waals surface area contributed by atoms with Crippen molar-refractivity contribution in [2.24, 2.45) is 5.84 Å². The van der Waals surface area contributed by atoms with Crippen LogP contribution in [-0.4, -0.2) is 17.7 Å². The highest BCUT2D eigenvalue weighted by molar-refractivity contribution is 5.94. The smallest absolute Gasteiger partial charge is 0.251 e. The number of ether oxygens (including phenoxy) is 2. The summed E-state index contributed by atoms with van der Waals surface area (Å²) in [5.41, 5.74) is 3.82. The van der Waals surface area contributed by atoms with Gasteiger partial charge in [-0.25, -0.2) is 10.8 Å². The minimum absolute atomic E-state index is 0.202. The quantitative estimate of drug-likeness (QED) is 0.573. The molecule has 0 spiro atoms. The Morgan fingerprint density at radius 2 is 2.10 bits per heavy atom. The summed E-state index contributed by atoms with van der Waals surface area (Å²) in [7, 11) is 0. The molecule has 7 heteroatoms. The maximum atomic E-state index is 12.1. The van der Waals surface area contributed by atoms with Crippen LogP contribution in [0.15, 0.2) is 36.5 Å². The average Bonchev–Trinajstić information content (AvgIpc) is 3.00. The van der Waals surface area contributed by atoms with E-state index < -0.39 is 0 Å². The summed E-state index contributed by atoms with van der Waals surface area (Å²) in [6, 6.07) is 8.76. The third-order valence-electron chi connectivity index (χ3n) is 3.06. The fourth-order valence-corrected chi connectivity index (χ4v) is 1.99. The van der Waals surface area contributed by atoms with E-state index in [0.29, 0.717) is 23.7 Å². The Morgan fingerprint density at radius 3 is 2.95 bits per heavy atom. The molecule has 0 radical (unpaired) electrons. The number of amides is 1. The molecule has 4 N–H and O–H groups in total. The molecule has 1 aromatic carbocycles. The van der Waals surface area contributed by atoms with Crippen LogP contribution < -0.4 is 26.1 Å². The van der Waals surface area contributed by atoms with Crippen molar-refractivity contribution in [3.05, 3.63) is 47.7 Å². The number of carbonyl (C=O) groups excluding carboxylic acids is 1. The van der Waals surface area contributed by atoms with Crippen LogP contribution in [-0.2, 0) is 6.54 Å². The Balaban J connectivity index is 1.65. The number of nitrogen functional groups attached to an aromatic ring is 1. The molecule has 0 atom stereocenters. The van der Waals surface area contributed by atoms with Crippen LogP contribution >= 0.6 is 0 Å². The van der Waals surface area contributed by atoms with Crippen molar-refractivity contribution >= 4 is 11.7 Å². The van der Waals surface area contributed by atoms with Crippen molar-refractivity contribution < 1.29 is 14.3 Å². The molecular formula is C14H14N4O3. The highest BCUT2D eigenvalue weighted by atomic mass is 16.7. The molecule has 0 unspecified atom stereocenters. The van der Waals surface area contributed by atoms with E-state index in [-0.39, 0.29) is 12.7 Å². The predicted octanol–water partition coefficient (Wildman–Crippen LogP) is 1.03. The van der Waals surface area contributed by atoms with Crippen molar-refractivity contribution in [2.75, 3.05) is 12.2 Å². The highest BCUT2D eigenvalue weighted by Crippen LogP contribution is 2.32. The second kappa shape index (κ2) is 5.68. The summed E-state index contributed by atoms with van der Waals surface area (Å²) in [6.45, 7) is 0.625. The van der Waals surface area contributed by atoms with Crippen molar-refractivity contribution in [1.82, 2.24) is 10.3 Å². The zero-order valence-electron chi connectivity index (χ0n) is 11.1. The van der Waals surface area contributed by atoms with E-state index in [0.717, 1.165) is 11.3 Å². The monoisotopic (exact) mass is 286 g/mol. The molecule has 1 aromatic heterocycles. The Morgan fingerprint density at radius 1 is 1.24 bits per heavy atom. The van der Waals surface area contributed by atoms with Gasteiger partial charge >= 0.3 is 0 Å². The molecule has 0 fully saturated rings. The van der Waals surface area contributed by atoms with Crippen molar-refractivity contribution in [2.45, 2.75) is 6.54 Å². The van der Waals surface area contributed by atoms with Gasteiger partial charge < -0.3 is 20.2 Å². The SMILES string of the molecule is NNc1cc(C(=O)NCc2ccc3c(c2)OCO3)ccn1. The molecule has 0 saturated heterocycles. The molecule has 0 aliphatic carbocycles. The number of hydrogen-bond donors (Lipinski definition) is 3. The Kier molecular flexibility index (Phi) is 3.57. The lowest BCUT2D eigenvalue weighted by atomic mass is 10.2. The zero-order valence-corrected chi connectivity index (χ0v) is 11.1. The fraction of sp³-hybridized carbons (Fsp3) is 0.143. The molecule has 1 aliphatic heterocycles.